The summed E-state index contributed by atoms with van der Waals surface area (Å²) >= 11 is 0. The van der Waals surface area contributed by atoms with Gasteiger partial charge >= 0.3 is 0 Å². The van der Waals surface area contributed by atoms with E-state index < -0.39 is 0 Å². The molecule has 2 atom stereocenters. The van der Waals surface area contributed by atoms with E-state index in [9.17, 15) is 0 Å². The minimum absolute atomic E-state index is 0.441. The number of benzene rings is 1. The maximum atomic E-state index is 5.68. The Kier molecular flexibility index (Phi) is 4.54. The third-order valence-corrected chi connectivity index (χ3v) is 3.55. The molecule has 3 nitrogen and oxygen atoms in total. The Hall–Kier alpha value is -0.900. The lowest BCUT2D eigenvalue weighted by molar-refractivity contribution is -0.0280. The average Bonchev–Trinajstić information content (AvgIpc) is 2.40. The van der Waals surface area contributed by atoms with Gasteiger partial charge in [-0.15, -0.1) is 0 Å². The lowest BCUT2D eigenvalue weighted by Crippen LogP contribution is -2.47. The van der Waals surface area contributed by atoms with Gasteiger partial charge in [-0.2, -0.15) is 0 Å². The zero-order chi connectivity index (χ0) is 12.1. The number of ether oxygens (including phenoxy) is 1. The van der Waals surface area contributed by atoms with Gasteiger partial charge in [0.25, 0.3) is 0 Å². The summed E-state index contributed by atoms with van der Waals surface area (Å²) in [5.74, 6) is 0. The minimum atomic E-state index is 0.441. The van der Waals surface area contributed by atoms with Crippen LogP contribution in [0.15, 0.2) is 30.3 Å². The van der Waals surface area contributed by atoms with Crippen LogP contribution in [-0.2, 0) is 4.74 Å². The Morgan fingerprint density at radius 2 is 2.18 bits per heavy atom. The van der Waals surface area contributed by atoms with Gasteiger partial charge in [0.2, 0.25) is 0 Å². The predicted octanol–water partition coefficient (Wildman–Crippen LogP) is 1.80. The van der Waals surface area contributed by atoms with Gasteiger partial charge in [-0.05, 0) is 25.5 Å². The highest BCUT2D eigenvalue weighted by molar-refractivity contribution is 5.18. The van der Waals surface area contributed by atoms with Crippen molar-refractivity contribution in [2.75, 3.05) is 26.3 Å². The fourth-order valence-electron chi connectivity index (χ4n) is 2.54. The molecule has 0 radical (unpaired) electrons. The standard InChI is InChI=1S/C14H22N2O/c1-12(13-5-3-2-4-6-13)16-9-10-17-11-14(16)7-8-15/h2-6,12,14H,7-11,15H2,1H3. The van der Waals surface area contributed by atoms with Gasteiger partial charge in [-0.3, -0.25) is 4.90 Å². The first-order chi connectivity index (χ1) is 8.33. The van der Waals surface area contributed by atoms with Crippen molar-refractivity contribution in [3.63, 3.8) is 0 Å². The van der Waals surface area contributed by atoms with Crippen molar-refractivity contribution >= 4 is 0 Å². The van der Waals surface area contributed by atoms with Gasteiger partial charge in [0, 0.05) is 18.6 Å². The highest BCUT2D eigenvalue weighted by Gasteiger charge is 2.26. The second-order valence-electron chi connectivity index (χ2n) is 4.63. The first kappa shape index (κ1) is 12.6. The third kappa shape index (κ3) is 3.06. The van der Waals surface area contributed by atoms with Crippen molar-refractivity contribution in [1.29, 1.82) is 0 Å². The number of hydrogen-bond acceptors (Lipinski definition) is 3. The summed E-state index contributed by atoms with van der Waals surface area (Å²) < 4.78 is 5.55. The van der Waals surface area contributed by atoms with Gasteiger partial charge in [0.1, 0.15) is 0 Å². The van der Waals surface area contributed by atoms with Gasteiger partial charge < -0.3 is 10.5 Å². The van der Waals surface area contributed by atoms with Crippen molar-refractivity contribution < 1.29 is 4.74 Å². The van der Waals surface area contributed by atoms with Crippen LogP contribution in [0.2, 0.25) is 0 Å². The molecule has 1 saturated heterocycles. The second-order valence-corrected chi connectivity index (χ2v) is 4.63. The van der Waals surface area contributed by atoms with E-state index in [0.717, 1.165) is 32.7 Å². The average molecular weight is 234 g/mol. The van der Waals surface area contributed by atoms with Crippen LogP contribution in [0, 0.1) is 0 Å². The van der Waals surface area contributed by atoms with Crippen LogP contribution in [0.3, 0.4) is 0 Å². The van der Waals surface area contributed by atoms with Crippen LogP contribution in [0.4, 0.5) is 0 Å². The summed E-state index contributed by atoms with van der Waals surface area (Å²) in [5, 5.41) is 0. The van der Waals surface area contributed by atoms with Crippen LogP contribution in [0.25, 0.3) is 0 Å². The largest absolute Gasteiger partial charge is 0.378 e. The maximum absolute atomic E-state index is 5.68. The minimum Gasteiger partial charge on any atom is -0.378 e. The molecule has 0 spiro atoms. The van der Waals surface area contributed by atoms with Crippen LogP contribution in [0.1, 0.15) is 24.9 Å². The van der Waals surface area contributed by atoms with E-state index in [1.54, 1.807) is 0 Å². The molecule has 1 aliphatic heterocycles. The summed E-state index contributed by atoms with van der Waals surface area (Å²) in [5.41, 5.74) is 7.05. The van der Waals surface area contributed by atoms with Crippen molar-refractivity contribution in [2.24, 2.45) is 5.73 Å². The molecule has 1 aliphatic rings. The molecule has 2 unspecified atom stereocenters. The lowest BCUT2D eigenvalue weighted by atomic mass is 10.0. The predicted molar refractivity (Wildman–Crippen MR) is 69.8 cm³/mol. The molecule has 0 amide bonds. The topological polar surface area (TPSA) is 38.5 Å². The fraction of sp³-hybridized carbons (Fsp3) is 0.571. The molecule has 0 aromatic heterocycles. The Balaban J connectivity index is 2.08. The molecule has 3 heteroatoms. The molecule has 1 fully saturated rings. The van der Waals surface area contributed by atoms with E-state index in [-0.39, 0.29) is 0 Å². The van der Waals surface area contributed by atoms with Crippen LogP contribution in [0.5, 0.6) is 0 Å². The SMILES string of the molecule is CC(c1ccccc1)N1CCOCC1CCN. The Morgan fingerprint density at radius 3 is 2.88 bits per heavy atom. The molecule has 94 valence electrons. The zero-order valence-electron chi connectivity index (χ0n) is 10.5. The number of rotatable bonds is 4. The van der Waals surface area contributed by atoms with Gasteiger partial charge in [0.05, 0.1) is 13.2 Å². The normalized spacial score (nSPS) is 23.5. The van der Waals surface area contributed by atoms with Crippen LogP contribution in [-0.4, -0.2) is 37.2 Å². The van der Waals surface area contributed by atoms with E-state index in [1.807, 2.05) is 0 Å². The maximum Gasteiger partial charge on any atom is 0.0623 e. The van der Waals surface area contributed by atoms with Crippen LogP contribution >= 0.6 is 0 Å². The molecule has 0 saturated carbocycles. The molecular formula is C14H22N2O. The van der Waals surface area contributed by atoms with Gasteiger partial charge in [0.15, 0.2) is 0 Å². The third-order valence-electron chi connectivity index (χ3n) is 3.55. The molecule has 1 aromatic carbocycles. The molecule has 2 rings (SSSR count). The Morgan fingerprint density at radius 1 is 1.41 bits per heavy atom. The number of morpholine rings is 1. The van der Waals surface area contributed by atoms with E-state index in [4.69, 9.17) is 10.5 Å². The number of nitrogens with zero attached hydrogens (tertiary/aromatic N) is 1. The number of nitrogens with two attached hydrogens (primary N) is 1. The first-order valence-electron chi connectivity index (χ1n) is 6.41. The van der Waals surface area contributed by atoms with Crippen molar-refractivity contribution in [1.82, 2.24) is 4.90 Å². The molecular weight excluding hydrogens is 212 g/mol. The Bertz CT molecular complexity index is 326. The van der Waals surface area contributed by atoms with Crippen molar-refractivity contribution in [2.45, 2.75) is 25.4 Å². The summed E-state index contributed by atoms with van der Waals surface area (Å²) in [7, 11) is 0. The quantitative estimate of drug-likeness (QED) is 0.863. The van der Waals surface area contributed by atoms with E-state index in [1.165, 1.54) is 5.56 Å². The number of hydrogen-bond donors (Lipinski definition) is 1. The van der Waals surface area contributed by atoms with Gasteiger partial charge in [-0.1, -0.05) is 30.3 Å². The van der Waals surface area contributed by atoms with Crippen molar-refractivity contribution in [3.05, 3.63) is 35.9 Å². The molecule has 0 bridgehead atoms. The van der Waals surface area contributed by atoms with E-state index in [0.29, 0.717) is 12.1 Å². The molecule has 17 heavy (non-hydrogen) atoms. The monoisotopic (exact) mass is 234 g/mol. The smallest absolute Gasteiger partial charge is 0.0623 e. The summed E-state index contributed by atoms with van der Waals surface area (Å²) in [6, 6.07) is 11.6. The first-order valence-corrected chi connectivity index (χ1v) is 6.41. The highest BCUT2D eigenvalue weighted by Crippen LogP contribution is 2.25. The summed E-state index contributed by atoms with van der Waals surface area (Å²) in [6.45, 7) is 5.64. The van der Waals surface area contributed by atoms with Gasteiger partial charge in [-0.25, -0.2) is 0 Å². The summed E-state index contributed by atoms with van der Waals surface area (Å²) in [4.78, 5) is 2.52. The highest BCUT2D eigenvalue weighted by atomic mass is 16.5. The molecule has 2 N–H and O–H groups in total. The zero-order valence-corrected chi connectivity index (χ0v) is 10.5. The lowest BCUT2D eigenvalue weighted by Gasteiger charge is -2.39. The van der Waals surface area contributed by atoms with Crippen LogP contribution < -0.4 is 5.73 Å². The second kappa shape index (κ2) is 6.15. The van der Waals surface area contributed by atoms with E-state index >= 15 is 0 Å². The Labute approximate surface area is 104 Å². The fourth-order valence-corrected chi connectivity index (χ4v) is 2.54. The van der Waals surface area contributed by atoms with Crippen molar-refractivity contribution in [3.8, 4) is 0 Å². The molecule has 1 aromatic rings. The van der Waals surface area contributed by atoms with E-state index in [2.05, 4.69) is 42.2 Å². The molecule has 1 heterocycles. The summed E-state index contributed by atoms with van der Waals surface area (Å²) in [6.07, 6.45) is 1.01. The molecule has 0 aliphatic carbocycles.